The van der Waals surface area contributed by atoms with E-state index < -0.39 is 0 Å². The molecular formula is C24H21N3O2. The van der Waals surface area contributed by atoms with Crippen LogP contribution >= 0.6 is 0 Å². The lowest BCUT2D eigenvalue weighted by Crippen LogP contribution is -2.12. The maximum atomic E-state index is 12.7. The number of imidazole rings is 1. The van der Waals surface area contributed by atoms with Crippen LogP contribution in [0.25, 0.3) is 5.69 Å². The maximum absolute atomic E-state index is 12.7. The van der Waals surface area contributed by atoms with Gasteiger partial charge in [-0.1, -0.05) is 30.3 Å². The lowest BCUT2D eigenvalue weighted by atomic mass is 10.0. The Morgan fingerprint density at radius 2 is 1.83 bits per heavy atom. The number of aromatic nitrogens is 2. The van der Waals surface area contributed by atoms with Crippen LogP contribution in [0.15, 0.2) is 91.5 Å². The molecule has 0 bridgehead atoms. The van der Waals surface area contributed by atoms with E-state index in [0.29, 0.717) is 5.56 Å². The average molecular weight is 383 g/mol. The van der Waals surface area contributed by atoms with E-state index in [2.05, 4.69) is 22.4 Å². The zero-order valence-electron chi connectivity index (χ0n) is 16.1. The molecule has 1 aromatic heterocycles. The number of hydrogen-bond acceptors (Lipinski definition) is 3. The SMILES string of the molecule is COc1ccc(NC(=O)c2ccc(-n3ccnc3)cc2)cc1Cc1ccccc1. The molecule has 0 spiro atoms. The van der Waals surface area contributed by atoms with Gasteiger partial charge in [-0.25, -0.2) is 4.98 Å². The molecule has 144 valence electrons. The van der Waals surface area contributed by atoms with Gasteiger partial charge in [0, 0.05) is 41.3 Å². The Hall–Kier alpha value is -3.86. The fourth-order valence-corrected chi connectivity index (χ4v) is 3.21. The largest absolute Gasteiger partial charge is 0.496 e. The van der Waals surface area contributed by atoms with Gasteiger partial charge < -0.3 is 14.6 Å². The molecular weight excluding hydrogens is 362 g/mol. The summed E-state index contributed by atoms with van der Waals surface area (Å²) >= 11 is 0. The molecule has 3 aromatic carbocycles. The Labute approximate surface area is 169 Å². The molecule has 0 aliphatic heterocycles. The first-order valence-electron chi connectivity index (χ1n) is 9.33. The van der Waals surface area contributed by atoms with Crippen LogP contribution in [0.4, 0.5) is 5.69 Å². The van der Waals surface area contributed by atoms with Crippen molar-refractivity contribution in [3.05, 3.63) is 108 Å². The summed E-state index contributed by atoms with van der Waals surface area (Å²) in [4.78, 5) is 16.7. The Morgan fingerprint density at radius 1 is 1.03 bits per heavy atom. The summed E-state index contributed by atoms with van der Waals surface area (Å²) in [5.41, 5.74) is 4.49. The molecule has 0 unspecified atom stereocenters. The van der Waals surface area contributed by atoms with Gasteiger partial charge in [0.1, 0.15) is 5.75 Å². The zero-order chi connectivity index (χ0) is 20.1. The first-order chi connectivity index (χ1) is 14.2. The predicted molar refractivity (Wildman–Crippen MR) is 114 cm³/mol. The minimum Gasteiger partial charge on any atom is -0.496 e. The number of nitrogens with one attached hydrogen (secondary N) is 1. The summed E-state index contributed by atoms with van der Waals surface area (Å²) in [6, 6.07) is 23.3. The summed E-state index contributed by atoms with van der Waals surface area (Å²) < 4.78 is 7.38. The number of anilines is 1. The van der Waals surface area contributed by atoms with Crippen molar-refractivity contribution in [1.82, 2.24) is 9.55 Å². The second-order valence-electron chi connectivity index (χ2n) is 6.66. The van der Waals surface area contributed by atoms with Crippen molar-refractivity contribution in [3.63, 3.8) is 0 Å². The Morgan fingerprint density at radius 3 is 2.52 bits per heavy atom. The summed E-state index contributed by atoms with van der Waals surface area (Å²) in [6.45, 7) is 0. The van der Waals surface area contributed by atoms with Crippen molar-refractivity contribution in [2.75, 3.05) is 12.4 Å². The second kappa shape index (κ2) is 8.44. The van der Waals surface area contributed by atoms with Crippen molar-refractivity contribution in [2.24, 2.45) is 0 Å². The molecule has 0 saturated heterocycles. The van der Waals surface area contributed by atoms with Crippen molar-refractivity contribution >= 4 is 11.6 Å². The maximum Gasteiger partial charge on any atom is 0.255 e. The van der Waals surface area contributed by atoms with Crippen molar-refractivity contribution < 1.29 is 9.53 Å². The van der Waals surface area contributed by atoms with Gasteiger partial charge >= 0.3 is 0 Å². The fourth-order valence-electron chi connectivity index (χ4n) is 3.21. The van der Waals surface area contributed by atoms with Crippen LogP contribution in [0.2, 0.25) is 0 Å². The van der Waals surface area contributed by atoms with Gasteiger partial charge in [-0.2, -0.15) is 0 Å². The van der Waals surface area contributed by atoms with E-state index in [-0.39, 0.29) is 5.91 Å². The average Bonchev–Trinajstić information content (AvgIpc) is 3.30. The highest BCUT2D eigenvalue weighted by atomic mass is 16.5. The Bertz CT molecular complexity index is 1090. The number of methoxy groups -OCH3 is 1. The van der Waals surface area contributed by atoms with Gasteiger partial charge in [-0.15, -0.1) is 0 Å². The lowest BCUT2D eigenvalue weighted by molar-refractivity contribution is 0.102. The highest BCUT2D eigenvalue weighted by Gasteiger charge is 2.10. The van der Waals surface area contributed by atoms with E-state index in [0.717, 1.165) is 29.1 Å². The summed E-state index contributed by atoms with van der Waals surface area (Å²) in [6.07, 6.45) is 6.03. The van der Waals surface area contributed by atoms with E-state index >= 15 is 0 Å². The lowest BCUT2D eigenvalue weighted by Gasteiger charge is -2.12. The number of carbonyl (C=O) groups excluding carboxylic acids is 1. The van der Waals surface area contributed by atoms with Crippen molar-refractivity contribution in [1.29, 1.82) is 0 Å². The molecule has 1 amide bonds. The molecule has 4 rings (SSSR count). The molecule has 5 nitrogen and oxygen atoms in total. The first-order valence-corrected chi connectivity index (χ1v) is 9.33. The molecule has 4 aromatic rings. The number of nitrogens with zero attached hydrogens (tertiary/aromatic N) is 2. The van der Waals surface area contributed by atoms with Gasteiger partial charge in [-0.3, -0.25) is 4.79 Å². The third-order valence-electron chi connectivity index (χ3n) is 4.71. The topological polar surface area (TPSA) is 56.1 Å². The van der Waals surface area contributed by atoms with E-state index in [1.54, 1.807) is 31.8 Å². The van der Waals surface area contributed by atoms with E-state index in [1.165, 1.54) is 5.56 Å². The Balaban J connectivity index is 1.51. The summed E-state index contributed by atoms with van der Waals surface area (Å²) in [5.74, 6) is 0.648. The molecule has 0 saturated carbocycles. The van der Waals surface area contributed by atoms with Crippen LogP contribution in [0.1, 0.15) is 21.5 Å². The molecule has 0 aliphatic rings. The molecule has 1 N–H and O–H groups in total. The molecule has 0 aliphatic carbocycles. The molecule has 29 heavy (non-hydrogen) atoms. The smallest absolute Gasteiger partial charge is 0.255 e. The third-order valence-corrected chi connectivity index (χ3v) is 4.71. The molecule has 0 fully saturated rings. The van der Waals surface area contributed by atoms with Crippen LogP contribution in [0.5, 0.6) is 5.75 Å². The minimum atomic E-state index is -0.155. The standard InChI is InChI=1S/C24H21N3O2/c1-29-23-12-9-21(16-20(23)15-18-5-3-2-4-6-18)26-24(28)19-7-10-22(11-8-19)27-14-13-25-17-27/h2-14,16-17H,15H2,1H3,(H,26,28). The second-order valence-corrected chi connectivity index (χ2v) is 6.66. The zero-order valence-corrected chi connectivity index (χ0v) is 16.1. The quantitative estimate of drug-likeness (QED) is 0.524. The third kappa shape index (κ3) is 4.35. The first kappa shape index (κ1) is 18.5. The van der Waals surface area contributed by atoms with E-state index in [1.807, 2.05) is 59.3 Å². The van der Waals surface area contributed by atoms with Gasteiger partial charge in [0.05, 0.1) is 13.4 Å². The molecule has 1 heterocycles. The van der Waals surface area contributed by atoms with Gasteiger partial charge in [0.2, 0.25) is 0 Å². The van der Waals surface area contributed by atoms with Gasteiger partial charge in [-0.05, 0) is 48.0 Å². The molecule has 0 radical (unpaired) electrons. The number of hydrogen-bond donors (Lipinski definition) is 1. The highest BCUT2D eigenvalue weighted by Crippen LogP contribution is 2.25. The number of amides is 1. The van der Waals surface area contributed by atoms with Crippen molar-refractivity contribution in [2.45, 2.75) is 6.42 Å². The van der Waals surface area contributed by atoms with E-state index in [4.69, 9.17) is 4.74 Å². The number of carbonyl (C=O) groups is 1. The number of benzene rings is 3. The highest BCUT2D eigenvalue weighted by molar-refractivity contribution is 6.04. The summed E-state index contributed by atoms with van der Waals surface area (Å²) in [5, 5.41) is 2.98. The minimum absolute atomic E-state index is 0.155. The fraction of sp³-hybridized carbons (Fsp3) is 0.0833. The number of rotatable bonds is 6. The van der Waals surface area contributed by atoms with Gasteiger partial charge in [0.15, 0.2) is 0 Å². The normalized spacial score (nSPS) is 10.5. The molecule has 5 heteroatoms. The van der Waals surface area contributed by atoms with E-state index in [9.17, 15) is 4.79 Å². The van der Waals surface area contributed by atoms with Crippen LogP contribution in [-0.2, 0) is 6.42 Å². The monoisotopic (exact) mass is 383 g/mol. The number of ether oxygens (including phenoxy) is 1. The predicted octanol–water partition coefficient (Wildman–Crippen LogP) is 4.72. The van der Waals surface area contributed by atoms with Crippen LogP contribution < -0.4 is 10.1 Å². The summed E-state index contributed by atoms with van der Waals surface area (Å²) in [7, 11) is 1.66. The van der Waals surface area contributed by atoms with Crippen molar-refractivity contribution in [3.8, 4) is 11.4 Å². The Kier molecular flexibility index (Phi) is 5.38. The van der Waals surface area contributed by atoms with Crippen LogP contribution in [-0.4, -0.2) is 22.6 Å². The van der Waals surface area contributed by atoms with Crippen LogP contribution in [0.3, 0.4) is 0 Å². The molecule has 0 atom stereocenters. The van der Waals surface area contributed by atoms with Crippen LogP contribution in [0, 0.1) is 0 Å². The van der Waals surface area contributed by atoms with Gasteiger partial charge in [0.25, 0.3) is 5.91 Å².